The maximum absolute atomic E-state index is 12.8. The second kappa shape index (κ2) is 7.28. The number of hydrogen-bond acceptors (Lipinski definition) is 2. The third-order valence-corrected chi connectivity index (χ3v) is 5.51. The number of carboxylic acids is 1. The molecular formula is C17H29NO3. The Bertz CT molecular complexity index is 382. The highest BCUT2D eigenvalue weighted by Crippen LogP contribution is 2.43. The van der Waals surface area contributed by atoms with E-state index >= 15 is 0 Å². The van der Waals surface area contributed by atoms with E-state index in [1.54, 1.807) is 4.90 Å². The van der Waals surface area contributed by atoms with Crippen molar-refractivity contribution < 1.29 is 14.7 Å². The first kappa shape index (κ1) is 16.3. The van der Waals surface area contributed by atoms with Crippen molar-refractivity contribution >= 4 is 11.9 Å². The fourth-order valence-corrected chi connectivity index (χ4v) is 4.38. The fraction of sp³-hybridized carbons (Fsp3) is 0.882. The average Bonchev–Trinajstić information content (AvgIpc) is 2.46. The predicted octanol–water partition coefficient (Wildman–Crippen LogP) is 3.30. The van der Waals surface area contributed by atoms with E-state index in [0.29, 0.717) is 6.54 Å². The van der Waals surface area contributed by atoms with Gasteiger partial charge in [-0.3, -0.25) is 9.59 Å². The molecule has 21 heavy (non-hydrogen) atoms. The van der Waals surface area contributed by atoms with Crippen molar-refractivity contribution in [2.24, 2.45) is 17.8 Å². The van der Waals surface area contributed by atoms with Crippen molar-refractivity contribution in [1.29, 1.82) is 0 Å². The van der Waals surface area contributed by atoms with Crippen LogP contribution in [0.4, 0.5) is 0 Å². The van der Waals surface area contributed by atoms with Crippen LogP contribution in [-0.2, 0) is 9.59 Å². The van der Waals surface area contributed by atoms with Crippen LogP contribution in [0.25, 0.3) is 0 Å². The van der Waals surface area contributed by atoms with Crippen LogP contribution in [0.1, 0.15) is 65.2 Å². The second-order valence-corrected chi connectivity index (χ2v) is 6.89. The Balaban J connectivity index is 1.96. The molecule has 4 heteroatoms. The number of fused-ring (bicyclic) bond motifs is 1. The largest absolute Gasteiger partial charge is 0.481 e. The quantitative estimate of drug-likeness (QED) is 0.846. The van der Waals surface area contributed by atoms with Crippen LogP contribution < -0.4 is 0 Å². The number of amides is 1. The minimum Gasteiger partial charge on any atom is -0.481 e. The fourth-order valence-electron chi connectivity index (χ4n) is 4.38. The molecule has 4 atom stereocenters. The van der Waals surface area contributed by atoms with Crippen LogP contribution in [0, 0.1) is 17.8 Å². The highest BCUT2D eigenvalue weighted by Gasteiger charge is 2.37. The topological polar surface area (TPSA) is 57.6 Å². The van der Waals surface area contributed by atoms with Gasteiger partial charge in [-0.1, -0.05) is 25.7 Å². The van der Waals surface area contributed by atoms with E-state index in [4.69, 9.17) is 5.11 Å². The molecule has 2 fully saturated rings. The molecule has 4 nitrogen and oxygen atoms in total. The van der Waals surface area contributed by atoms with Gasteiger partial charge in [-0.05, 0) is 44.9 Å². The summed E-state index contributed by atoms with van der Waals surface area (Å²) in [5, 5.41) is 8.94. The predicted molar refractivity (Wildman–Crippen MR) is 81.9 cm³/mol. The molecule has 0 aromatic carbocycles. The summed E-state index contributed by atoms with van der Waals surface area (Å²) in [6, 6.07) is -0.205. The Hall–Kier alpha value is -1.06. The van der Waals surface area contributed by atoms with E-state index in [1.807, 2.05) is 13.8 Å². The van der Waals surface area contributed by atoms with Crippen LogP contribution in [-0.4, -0.2) is 34.5 Å². The van der Waals surface area contributed by atoms with Crippen LogP contribution in [0.15, 0.2) is 0 Å². The van der Waals surface area contributed by atoms with Gasteiger partial charge in [-0.15, -0.1) is 0 Å². The molecule has 0 spiro atoms. The molecule has 2 aliphatic rings. The van der Waals surface area contributed by atoms with Crippen molar-refractivity contribution in [3.05, 3.63) is 0 Å². The summed E-state index contributed by atoms with van der Waals surface area (Å²) in [6.07, 6.45) is 8.55. The first-order chi connectivity index (χ1) is 10.0. The van der Waals surface area contributed by atoms with Gasteiger partial charge in [-0.25, -0.2) is 0 Å². The van der Waals surface area contributed by atoms with E-state index in [0.717, 1.165) is 24.7 Å². The van der Waals surface area contributed by atoms with Crippen LogP contribution in [0.3, 0.4) is 0 Å². The molecule has 1 N–H and O–H groups in total. The average molecular weight is 295 g/mol. The van der Waals surface area contributed by atoms with Crippen LogP contribution >= 0.6 is 0 Å². The van der Waals surface area contributed by atoms with Gasteiger partial charge in [0.2, 0.25) is 5.91 Å². The van der Waals surface area contributed by atoms with Gasteiger partial charge >= 0.3 is 5.97 Å². The van der Waals surface area contributed by atoms with Gasteiger partial charge in [0.05, 0.1) is 6.42 Å². The number of nitrogens with zero attached hydrogens (tertiary/aromatic N) is 1. The van der Waals surface area contributed by atoms with Crippen LogP contribution in [0.2, 0.25) is 0 Å². The van der Waals surface area contributed by atoms with Gasteiger partial charge in [0.25, 0.3) is 0 Å². The Kier molecular flexibility index (Phi) is 5.65. The maximum atomic E-state index is 12.8. The molecule has 1 amide bonds. The van der Waals surface area contributed by atoms with E-state index in [9.17, 15) is 9.59 Å². The lowest BCUT2D eigenvalue weighted by Crippen LogP contribution is -2.45. The van der Waals surface area contributed by atoms with Crippen molar-refractivity contribution in [3.63, 3.8) is 0 Å². The Morgan fingerprint density at radius 1 is 1.14 bits per heavy atom. The van der Waals surface area contributed by atoms with Gasteiger partial charge in [0.1, 0.15) is 0 Å². The van der Waals surface area contributed by atoms with Gasteiger partial charge in [0.15, 0.2) is 0 Å². The lowest BCUT2D eigenvalue weighted by Gasteiger charge is -2.41. The lowest BCUT2D eigenvalue weighted by molar-refractivity contribution is -0.143. The number of rotatable bonds is 5. The number of carboxylic acid groups (broad SMARTS) is 1. The second-order valence-electron chi connectivity index (χ2n) is 6.89. The minimum absolute atomic E-state index is 0.0400. The molecule has 0 aromatic rings. The van der Waals surface area contributed by atoms with Crippen molar-refractivity contribution in [1.82, 2.24) is 4.90 Å². The Morgan fingerprint density at radius 2 is 1.81 bits per heavy atom. The van der Waals surface area contributed by atoms with Gasteiger partial charge in [0, 0.05) is 18.5 Å². The molecule has 0 aliphatic heterocycles. The van der Waals surface area contributed by atoms with E-state index in [-0.39, 0.29) is 24.3 Å². The molecular weight excluding hydrogens is 266 g/mol. The minimum atomic E-state index is -0.829. The van der Waals surface area contributed by atoms with Gasteiger partial charge < -0.3 is 10.0 Å². The Morgan fingerprint density at radius 3 is 2.43 bits per heavy atom. The SMILES string of the molecule is CCN(C(=O)C1CCC2CCCCC2C1)C(C)CC(=O)O. The molecule has 0 aromatic heterocycles. The third-order valence-electron chi connectivity index (χ3n) is 5.51. The molecule has 2 saturated carbocycles. The summed E-state index contributed by atoms with van der Waals surface area (Å²) in [6.45, 7) is 4.40. The molecule has 0 saturated heterocycles. The number of carbonyl (C=O) groups is 2. The van der Waals surface area contributed by atoms with E-state index < -0.39 is 5.97 Å². The van der Waals surface area contributed by atoms with E-state index in [1.165, 1.54) is 32.1 Å². The lowest BCUT2D eigenvalue weighted by atomic mass is 9.67. The van der Waals surface area contributed by atoms with E-state index in [2.05, 4.69) is 0 Å². The zero-order valence-corrected chi connectivity index (χ0v) is 13.4. The smallest absolute Gasteiger partial charge is 0.305 e. The summed E-state index contributed by atoms with van der Waals surface area (Å²) in [7, 11) is 0. The Labute approximate surface area is 127 Å². The highest BCUT2D eigenvalue weighted by atomic mass is 16.4. The standard InChI is InChI=1S/C17H29NO3/c1-3-18(12(2)10-16(19)20)17(21)15-9-8-13-6-4-5-7-14(13)11-15/h12-15H,3-11H2,1-2H3,(H,19,20). The summed E-state index contributed by atoms with van der Waals surface area (Å²) in [5.41, 5.74) is 0. The molecule has 0 radical (unpaired) electrons. The first-order valence-electron chi connectivity index (χ1n) is 8.55. The first-order valence-corrected chi connectivity index (χ1v) is 8.55. The van der Waals surface area contributed by atoms with Crippen molar-refractivity contribution in [3.8, 4) is 0 Å². The highest BCUT2D eigenvalue weighted by molar-refractivity contribution is 5.80. The zero-order valence-electron chi connectivity index (χ0n) is 13.4. The number of hydrogen-bond donors (Lipinski definition) is 1. The molecule has 2 rings (SSSR count). The number of aliphatic carboxylic acids is 1. The normalized spacial score (nSPS) is 30.3. The monoisotopic (exact) mass is 295 g/mol. The van der Waals surface area contributed by atoms with Crippen molar-refractivity contribution in [2.75, 3.05) is 6.54 Å². The molecule has 0 bridgehead atoms. The summed E-state index contributed by atoms with van der Waals surface area (Å²) in [5.74, 6) is 1.06. The third kappa shape index (κ3) is 3.98. The summed E-state index contributed by atoms with van der Waals surface area (Å²) >= 11 is 0. The summed E-state index contributed by atoms with van der Waals surface area (Å²) < 4.78 is 0. The van der Waals surface area contributed by atoms with Crippen LogP contribution in [0.5, 0.6) is 0 Å². The van der Waals surface area contributed by atoms with Crippen molar-refractivity contribution in [2.45, 2.75) is 71.3 Å². The zero-order chi connectivity index (χ0) is 15.4. The molecule has 2 aliphatic carbocycles. The van der Waals surface area contributed by atoms with Gasteiger partial charge in [-0.2, -0.15) is 0 Å². The molecule has 4 unspecified atom stereocenters. The maximum Gasteiger partial charge on any atom is 0.305 e. The molecule has 0 heterocycles. The molecule has 120 valence electrons. The summed E-state index contributed by atoms with van der Waals surface area (Å²) in [4.78, 5) is 25.4. The number of carbonyl (C=O) groups excluding carboxylic acids is 1.